The van der Waals surface area contributed by atoms with Gasteiger partial charge >= 0.3 is 0 Å². The van der Waals surface area contributed by atoms with Gasteiger partial charge in [-0.1, -0.05) is 6.07 Å². The molecule has 1 fully saturated rings. The minimum absolute atomic E-state index is 0.189. The summed E-state index contributed by atoms with van der Waals surface area (Å²) in [5.74, 6) is 1.68. The van der Waals surface area contributed by atoms with E-state index in [1.165, 1.54) is 11.3 Å². The van der Waals surface area contributed by atoms with Gasteiger partial charge in [0.1, 0.15) is 17.3 Å². The molecule has 15 nitrogen and oxygen atoms in total. The predicted octanol–water partition coefficient (Wildman–Crippen LogP) is 2.37. The van der Waals surface area contributed by atoms with Crippen molar-refractivity contribution in [2.24, 2.45) is 0 Å². The van der Waals surface area contributed by atoms with E-state index in [1.807, 2.05) is 52.9 Å². The number of aromatic nitrogens is 12. The van der Waals surface area contributed by atoms with Gasteiger partial charge in [0.05, 0.1) is 18.2 Å². The van der Waals surface area contributed by atoms with E-state index in [9.17, 15) is 0 Å². The van der Waals surface area contributed by atoms with Crippen LogP contribution in [0.15, 0.2) is 89.5 Å². The number of thiophene rings is 1. The molecule has 0 radical (unpaired) electrons. The molecular formula is C24H19N13O2S. The first-order valence-corrected chi connectivity index (χ1v) is 13.0. The number of hydrogen-bond donors (Lipinski definition) is 5. The van der Waals surface area contributed by atoms with Crippen LogP contribution in [0.3, 0.4) is 0 Å². The summed E-state index contributed by atoms with van der Waals surface area (Å²) in [6, 6.07) is 13.3. The van der Waals surface area contributed by atoms with E-state index in [4.69, 9.17) is 14.3 Å². The lowest BCUT2D eigenvalue weighted by Crippen LogP contribution is -2.58. The van der Waals surface area contributed by atoms with Gasteiger partial charge in [0.2, 0.25) is 11.4 Å². The third-order valence-electron chi connectivity index (χ3n) is 7.16. The zero-order valence-corrected chi connectivity index (χ0v) is 21.2. The molecule has 16 heteroatoms. The second kappa shape index (κ2) is 8.32. The lowest BCUT2D eigenvalue weighted by molar-refractivity contribution is -0.0995. The van der Waals surface area contributed by atoms with E-state index in [0.717, 1.165) is 4.88 Å². The van der Waals surface area contributed by atoms with E-state index in [-0.39, 0.29) is 5.82 Å². The maximum atomic E-state index is 7.50. The van der Waals surface area contributed by atoms with Crippen LogP contribution in [0.2, 0.25) is 0 Å². The van der Waals surface area contributed by atoms with Crippen LogP contribution in [-0.2, 0) is 21.6 Å². The maximum Gasteiger partial charge on any atom is 0.270 e. The average molecular weight is 554 g/mol. The lowest BCUT2D eigenvalue weighted by Gasteiger charge is -2.45. The van der Waals surface area contributed by atoms with Crippen molar-refractivity contribution in [3.8, 4) is 0 Å². The van der Waals surface area contributed by atoms with E-state index in [0.29, 0.717) is 28.8 Å². The van der Waals surface area contributed by atoms with E-state index in [1.54, 1.807) is 37.1 Å². The Morgan fingerprint density at radius 1 is 0.925 bits per heavy atom. The largest absolute Gasteiger partial charge is 0.466 e. The topological polar surface area (TPSA) is 195 Å². The summed E-state index contributed by atoms with van der Waals surface area (Å²) >= 11 is 1.52. The van der Waals surface area contributed by atoms with Gasteiger partial charge in [0, 0.05) is 29.7 Å². The molecule has 3 atom stereocenters. The standard InChI is InChI=1S/C24H19N13O2S/c1-6-19(25-8-1)37-22(16-14-29-34-31-16,18-5-3-13-40-18)23(15-7-9-28-30-15,17-4-2-12-38-17)39-24(37,20-26-10-11-27-20)21-32-35-36-33-21/h1-14,25H,(H,26,27)(H,28,30)(H,29,31,34)(H,32,33,35,36). The van der Waals surface area contributed by atoms with Crippen LogP contribution in [0.1, 0.15) is 33.7 Å². The summed E-state index contributed by atoms with van der Waals surface area (Å²) in [7, 11) is 0. The fraction of sp³-hybridized carbons (Fsp3) is 0.125. The smallest absolute Gasteiger partial charge is 0.270 e. The number of hydrogen-bond acceptors (Lipinski definition) is 11. The van der Waals surface area contributed by atoms with E-state index < -0.39 is 16.9 Å². The second-order valence-corrected chi connectivity index (χ2v) is 9.93. The van der Waals surface area contributed by atoms with Crippen LogP contribution in [0, 0.1) is 0 Å². The van der Waals surface area contributed by atoms with E-state index in [2.05, 4.69) is 56.1 Å². The van der Waals surface area contributed by atoms with E-state index >= 15 is 0 Å². The van der Waals surface area contributed by atoms with Crippen LogP contribution >= 0.6 is 11.3 Å². The van der Waals surface area contributed by atoms with Gasteiger partial charge in [-0.05, 0) is 47.0 Å². The molecule has 8 rings (SSSR count). The molecule has 40 heavy (non-hydrogen) atoms. The average Bonchev–Trinajstić information content (AvgIpc) is 3.84. The Morgan fingerprint density at radius 3 is 2.58 bits per heavy atom. The first-order chi connectivity index (χ1) is 19.8. The van der Waals surface area contributed by atoms with Gasteiger partial charge in [-0.2, -0.15) is 25.7 Å². The molecule has 1 aliphatic rings. The molecule has 1 saturated heterocycles. The van der Waals surface area contributed by atoms with Crippen molar-refractivity contribution in [3.05, 3.63) is 119 Å². The number of furan rings is 1. The molecule has 5 N–H and O–H groups in total. The number of rotatable bonds is 7. The van der Waals surface area contributed by atoms with Gasteiger partial charge in [0.15, 0.2) is 11.4 Å². The number of ether oxygens (including phenoxy) is 1. The first-order valence-electron chi connectivity index (χ1n) is 12.1. The van der Waals surface area contributed by atoms with Crippen molar-refractivity contribution in [3.63, 3.8) is 0 Å². The third-order valence-corrected chi connectivity index (χ3v) is 8.14. The quantitative estimate of drug-likeness (QED) is 0.195. The zero-order chi connectivity index (χ0) is 26.6. The molecule has 0 bridgehead atoms. The van der Waals surface area contributed by atoms with Gasteiger partial charge < -0.3 is 19.1 Å². The highest BCUT2D eigenvalue weighted by Gasteiger charge is 2.79. The monoisotopic (exact) mass is 553 g/mol. The van der Waals surface area contributed by atoms with Crippen molar-refractivity contribution in [1.82, 2.24) is 61.2 Å². The molecule has 0 saturated carbocycles. The zero-order valence-electron chi connectivity index (χ0n) is 20.4. The fourth-order valence-corrected chi connectivity index (χ4v) is 6.78. The van der Waals surface area contributed by atoms with Crippen molar-refractivity contribution >= 4 is 17.2 Å². The Hall–Kier alpha value is -5.35. The Bertz CT molecular complexity index is 1670. The Balaban J connectivity index is 1.64. The summed E-state index contributed by atoms with van der Waals surface area (Å²) < 4.78 is 13.7. The van der Waals surface area contributed by atoms with Crippen LogP contribution < -0.4 is 4.90 Å². The van der Waals surface area contributed by atoms with Gasteiger partial charge in [-0.25, -0.2) is 4.98 Å². The molecule has 8 heterocycles. The third kappa shape index (κ3) is 2.67. The minimum atomic E-state index is -1.64. The lowest BCUT2D eigenvalue weighted by atomic mass is 9.71. The van der Waals surface area contributed by atoms with Crippen LogP contribution in [0.25, 0.3) is 0 Å². The molecule has 0 spiro atoms. The van der Waals surface area contributed by atoms with Crippen LogP contribution in [0.4, 0.5) is 5.82 Å². The highest BCUT2D eigenvalue weighted by atomic mass is 32.1. The Morgan fingerprint density at radius 2 is 1.93 bits per heavy atom. The summed E-state index contributed by atoms with van der Waals surface area (Å²) in [6.07, 6.45) is 10.1. The number of aromatic amines is 5. The molecule has 7 aromatic rings. The molecule has 0 aliphatic carbocycles. The second-order valence-electron chi connectivity index (χ2n) is 8.98. The van der Waals surface area contributed by atoms with Crippen LogP contribution in [-0.4, -0.2) is 61.2 Å². The van der Waals surface area contributed by atoms with Gasteiger partial charge in [-0.15, -0.1) is 21.5 Å². The summed E-state index contributed by atoms with van der Waals surface area (Å²) in [5.41, 5.74) is -3.38. The molecule has 0 aromatic carbocycles. The van der Waals surface area contributed by atoms with Crippen molar-refractivity contribution in [1.29, 1.82) is 0 Å². The number of H-pyrrole nitrogens is 5. The fourth-order valence-electron chi connectivity index (χ4n) is 5.81. The normalized spacial score (nSPS) is 24.6. The SMILES string of the molecule is c1c[nH]c(N2C(c3nn[nH]n3)(c3ncc[nH]3)OC(c3ccn[nH]3)(c3ccco3)C2(c2cn[nH]n2)c2cccs2)c1. The summed E-state index contributed by atoms with van der Waals surface area (Å²) in [5, 5.41) is 36.6. The molecule has 3 unspecified atom stereocenters. The molecule has 0 amide bonds. The van der Waals surface area contributed by atoms with Crippen LogP contribution in [0.5, 0.6) is 0 Å². The van der Waals surface area contributed by atoms with Crippen molar-refractivity contribution < 1.29 is 9.15 Å². The van der Waals surface area contributed by atoms with Gasteiger partial charge in [0.25, 0.3) is 5.72 Å². The first kappa shape index (κ1) is 22.6. The highest BCUT2D eigenvalue weighted by Crippen LogP contribution is 2.67. The number of anilines is 1. The highest BCUT2D eigenvalue weighted by molar-refractivity contribution is 7.10. The number of tetrazole rings is 1. The number of nitrogens with zero attached hydrogens (tertiary/aromatic N) is 8. The predicted molar refractivity (Wildman–Crippen MR) is 137 cm³/mol. The van der Waals surface area contributed by atoms with Crippen molar-refractivity contribution in [2.45, 2.75) is 16.9 Å². The molecule has 198 valence electrons. The Kier molecular flexibility index (Phi) is 4.71. The Labute approximate surface area is 228 Å². The number of nitrogens with one attached hydrogen (secondary N) is 5. The maximum absolute atomic E-state index is 7.50. The summed E-state index contributed by atoms with van der Waals surface area (Å²) in [6.45, 7) is 0. The number of imidazole rings is 1. The summed E-state index contributed by atoms with van der Waals surface area (Å²) in [4.78, 5) is 14.2. The minimum Gasteiger partial charge on any atom is -0.466 e. The van der Waals surface area contributed by atoms with Crippen molar-refractivity contribution in [2.75, 3.05) is 4.90 Å². The molecule has 7 aromatic heterocycles. The van der Waals surface area contributed by atoms with Gasteiger partial charge in [-0.3, -0.25) is 10.00 Å². The molecule has 1 aliphatic heterocycles. The molecular weight excluding hydrogens is 534 g/mol.